The van der Waals surface area contributed by atoms with Crippen molar-refractivity contribution in [2.75, 3.05) is 0 Å². The van der Waals surface area contributed by atoms with Crippen molar-refractivity contribution in [1.82, 2.24) is 0 Å². The lowest BCUT2D eigenvalue weighted by Crippen LogP contribution is -2.35. The third-order valence-corrected chi connectivity index (χ3v) is 8.96. The minimum atomic E-state index is -1.68. The van der Waals surface area contributed by atoms with E-state index in [1.54, 1.807) is 0 Å². The number of carbonyl (C=O) groups is 2. The fourth-order valence-electron chi connectivity index (χ4n) is 1.67. The van der Waals surface area contributed by atoms with E-state index in [0.29, 0.717) is 0 Å². The van der Waals surface area contributed by atoms with E-state index < -0.39 is 28.1 Å². The maximum Gasteiger partial charge on any atom is 0.300 e. The molecule has 0 aliphatic heterocycles. The predicted molar refractivity (Wildman–Crippen MR) is 69.5 cm³/mol. The van der Waals surface area contributed by atoms with Crippen molar-refractivity contribution in [3.05, 3.63) is 0 Å². The highest BCUT2D eigenvalue weighted by atomic mass is 28.3. The predicted octanol–water partition coefficient (Wildman–Crippen LogP) is 2.57. The van der Waals surface area contributed by atoms with Gasteiger partial charge < -0.3 is 10.2 Å². The first kappa shape index (κ1) is 15.4. The maximum absolute atomic E-state index is 10.7. The van der Waals surface area contributed by atoms with Gasteiger partial charge in [-0.15, -0.1) is 0 Å². The molecule has 16 heavy (non-hydrogen) atoms. The molecular formula is C10H22O4Si2. The lowest BCUT2D eigenvalue weighted by atomic mass is 10.8. The van der Waals surface area contributed by atoms with Gasteiger partial charge in [-0.2, -0.15) is 0 Å². The molecule has 0 atom stereocenters. The summed E-state index contributed by atoms with van der Waals surface area (Å²) in [6.07, 6.45) is 0. The van der Waals surface area contributed by atoms with Gasteiger partial charge in [-0.1, -0.05) is 38.3 Å². The van der Waals surface area contributed by atoms with Crippen LogP contribution in [0.4, 0.5) is 0 Å². The quantitative estimate of drug-likeness (QED) is 0.692. The van der Waals surface area contributed by atoms with Gasteiger partial charge >= 0.3 is 11.9 Å². The van der Waals surface area contributed by atoms with Crippen molar-refractivity contribution in [3.8, 4) is 0 Å². The van der Waals surface area contributed by atoms with Crippen LogP contribution in [0.2, 0.25) is 50.4 Å². The zero-order valence-corrected chi connectivity index (χ0v) is 12.5. The van der Waals surface area contributed by atoms with Gasteiger partial charge in [0.15, 0.2) is 0 Å². The lowest BCUT2D eigenvalue weighted by molar-refractivity contribution is -0.135. The van der Waals surface area contributed by atoms with E-state index in [4.69, 9.17) is 10.2 Å². The molecule has 0 aliphatic rings. The Morgan fingerprint density at radius 3 is 1.25 bits per heavy atom. The molecule has 2 N–H and O–H groups in total. The van der Waals surface area contributed by atoms with Gasteiger partial charge in [0.2, 0.25) is 0 Å². The van der Waals surface area contributed by atoms with Gasteiger partial charge in [-0.25, -0.2) is 0 Å². The van der Waals surface area contributed by atoms with Crippen molar-refractivity contribution < 1.29 is 19.8 Å². The highest BCUT2D eigenvalue weighted by Crippen LogP contribution is 2.25. The molecule has 0 aromatic carbocycles. The summed E-state index contributed by atoms with van der Waals surface area (Å²) in [6.45, 7) is 8.25. The highest BCUT2D eigenvalue weighted by molar-refractivity contribution is 6.84. The summed E-state index contributed by atoms with van der Waals surface area (Å²) < 4.78 is 0. The van der Waals surface area contributed by atoms with Gasteiger partial charge in [-0.3, -0.25) is 9.59 Å². The monoisotopic (exact) mass is 262 g/mol. The first-order chi connectivity index (χ1) is 7.04. The van der Waals surface area contributed by atoms with Crippen molar-refractivity contribution in [2.45, 2.75) is 50.4 Å². The molecule has 0 saturated heterocycles. The summed E-state index contributed by atoms with van der Waals surface area (Å²) >= 11 is 0. The number of hydrogen-bond donors (Lipinski definition) is 2. The molecule has 0 unspecified atom stereocenters. The summed E-state index contributed by atoms with van der Waals surface area (Å²) in [6, 6.07) is 2.41. The van der Waals surface area contributed by atoms with Crippen molar-refractivity contribution in [1.29, 1.82) is 0 Å². The summed E-state index contributed by atoms with van der Waals surface area (Å²) in [5.41, 5.74) is 0. The smallest absolute Gasteiger partial charge is 0.300 e. The molecule has 0 aliphatic carbocycles. The number of rotatable bonds is 7. The Morgan fingerprint density at radius 1 is 0.812 bits per heavy atom. The summed E-state index contributed by atoms with van der Waals surface area (Å²) in [5, 5.41) is 17.6. The van der Waals surface area contributed by atoms with Crippen LogP contribution in [-0.4, -0.2) is 38.3 Å². The number of hydrogen-bond acceptors (Lipinski definition) is 2. The lowest BCUT2D eigenvalue weighted by Gasteiger charge is -2.26. The zero-order chi connectivity index (χ0) is 13.0. The van der Waals surface area contributed by atoms with Gasteiger partial charge in [0.25, 0.3) is 0 Å². The normalized spacial score (nSPS) is 12.5. The van der Waals surface area contributed by atoms with Crippen LogP contribution in [0.15, 0.2) is 0 Å². The second-order valence-electron chi connectivity index (χ2n) is 5.97. The minimum absolute atomic E-state index is 0.282. The Kier molecular flexibility index (Phi) is 5.41. The van der Waals surface area contributed by atoms with Gasteiger partial charge in [0.05, 0.1) is 16.1 Å². The summed E-state index contributed by atoms with van der Waals surface area (Å²) in [7, 11) is -3.37. The van der Waals surface area contributed by atoms with E-state index in [-0.39, 0.29) is 12.1 Å². The fraction of sp³-hybridized carbons (Fsp3) is 0.800. The van der Waals surface area contributed by atoms with Crippen LogP contribution in [-0.2, 0) is 9.59 Å². The second-order valence-corrected chi connectivity index (χ2v) is 16.3. The average molecular weight is 262 g/mol. The van der Waals surface area contributed by atoms with Crippen LogP contribution in [0.3, 0.4) is 0 Å². The molecule has 0 bridgehead atoms. The third kappa shape index (κ3) is 7.64. The average Bonchev–Trinajstić information content (AvgIpc) is 1.96. The van der Waals surface area contributed by atoms with Crippen molar-refractivity contribution in [2.24, 2.45) is 0 Å². The Bertz CT molecular complexity index is 246. The topological polar surface area (TPSA) is 74.6 Å². The van der Waals surface area contributed by atoms with E-state index in [2.05, 4.69) is 26.2 Å². The molecule has 4 nitrogen and oxygen atoms in total. The van der Waals surface area contributed by atoms with Crippen LogP contribution in [0.1, 0.15) is 0 Å². The zero-order valence-electron chi connectivity index (χ0n) is 10.5. The number of carboxylic acid groups (broad SMARTS) is 2. The summed E-state index contributed by atoms with van der Waals surface area (Å²) in [4.78, 5) is 21.3. The van der Waals surface area contributed by atoms with Crippen LogP contribution < -0.4 is 0 Å². The Morgan fingerprint density at radius 2 is 1.06 bits per heavy atom. The molecule has 0 fully saturated rings. The molecule has 0 amide bonds. The van der Waals surface area contributed by atoms with Crippen LogP contribution in [0.5, 0.6) is 0 Å². The molecule has 0 rings (SSSR count). The van der Waals surface area contributed by atoms with Crippen molar-refractivity contribution >= 4 is 28.1 Å². The molecular weight excluding hydrogens is 240 g/mol. The van der Waals surface area contributed by atoms with Crippen LogP contribution in [0, 0.1) is 0 Å². The van der Waals surface area contributed by atoms with E-state index in [0.717, 1.165) is 12.1 Å². The third-order valence-electron chi connectivity index (χ3n) is 2.74. The van der Waals surface area contributed by atoms with Crippen LogP contribution in [0.25, 0.3) is 0 Å². The molecule has 6 heteroatoms. The van der Waals surface area contributed by atoms with Gasteiger partial charge in [0, 0.05) is 12.1 Å². The Balaban J connectivity index is 4.21. The first-order valence-corrected chi connectivity index (χ1v) is 12.3. The maximum atomic E-state index is 10.7. The van der Waals surface area contributed by atoms with Gasteiger partial charge in [-0.05, 0) is 0 Å². The first-order valence-electron chi connectivity index (χ1n) is 5.48. The molecule has 0 aromatic rings. The molecule has 0 spiro atoms. The Labute approximate surface area is 98.7 Å². The molecule has 0 heterocycles. The SMILES string of the molecule is C[Si](C)(CC[Si](C)(C)CC(=O)O)CC(=O)O. The molecule has 0 saturated carbocycles. The van der Waals surface area contributed by atoms with Crippen molar-refractivity contribution in [3.63, 3.8) is 0 Å². The fourth-order valence-corrected chi connectivity index (χ4v) is 9.08. The number of aliphatic carboxylic acids is 2. The van der Waals surface area contributed by atoms with E-state index in [1.165, 1.54) is 0 Å². The molecule has 0 aromatic heterocycles. The van der Waals surface area contributed by atoms with E-state index >= 15 is 0 Å². The standard InChI is InChI=1S/C10H22O4Si2/c1-15(2,7-9(11)12)5-6-16(3,4)8-10(13)14/h5-8H2,1-4H3,(H,11,12)(H,13,14). The largest absolute Gasteiger partial charge is 0.481 e. The number of carboxylic acids is 2. The summed E-state index contributed by atoms with van der Waals surface area (Å²) in [5.74, 6) is -1.45. The van der Waals surface area contributed by atoms with Crippen LogP contribution >= 0.6 is 0 Å². The molecule has 94 valence electrons. The Hall–Kier alpha value is -0.626. The van der Waals surface area contributed by atoms with E-state index in [1.807, 2.05) is 0 Å². The van der Waals surface area contributed by atoms with E-state index in [9.17, 15) is 9.59 Å². The van der Waals surface area contributed by atoms with Gasteiger partial charge in [0.1, 0.15) is 0 Å². The second kappa shape index (κ2) is 5.63. The highest BCUT2D eigenvalue weighted by Gasteiger charge is 2.30. The minimum Gasteiger partial charge on any atom is -0.481 e. The molecule has 0 radical (unpaired) electrons.